The van der Waals surface area contributed by atoms with E-state index >= 15 is 0 Å². The van der Waals surface area contributed by atoms with Crippen molar-refractivity contribution < 1.29 is 33.3 Å². The van der Waals surface area contributed by atoms with Gasteiger partial charge in [-0.2, -0.15) is 0 Å². The van der Waals surface area contributed by atoms with Gasteiger partial charge in [0.1, 0.15) is 12.7 Å². The highest BCUT2D eigenvalue weighted by atomic mass is 19.1. The average Bonchev–Trinajstić information content (AvgIpc) is 3.14. The van der Waals surface area contributed by atoms with Crippen LogP contribution in [0, 0.1) is 0 Å². The zero-order valence-corrected chi connectivity index (χ0v) is 18.0. The molecule has 5 rings (SSSR count). The van der Waals surface area contributed by atoms with Gasteiger partial charge in [0.2, 0.25) is 0 Å². The van der Waals surface area contributed by atoms with Gasteiger partial charge >= 0.3 is 11.9 Å². The van der Waals surface area contributed by atoms with Crippen molar-refractivity contribution in [2.75, 3.05) is 6.61 Å². The molecule has 7 heteroatoms. The van der Waals surface area contributed by atoms with E-state index in [0.717, 1.165) is 21.5 Å². The number of carbonyl (C=O) groups excluding carboxylic acids is 2. The number of esters is 2. The average molecular weight is 460 g/mol. The van der Waals surface area contributed by atoms with Gasteiger partial charge in [0, 0.05) is 0 Å². The molecule has 1 fully saturated rings. The fraction of sp³-hybridized carbons (Fsp3) is 0.185. The summed E-state index contributed by atoms with van der Waals surface area (Å²) < 4.78 is 30.4. The van der Waals surface area contributed by atoms with Crippen LogP contribution in [0.5, 0.6) is 0 Å². The summed E-state index contributed by atoms with van der Waals surface area (Å²) in [4.78, 5) is 25.2. The summed E-state index contributed by atoms with van der Waals surface area (Å²) in [5.41, 5.74) is 0.554. The normalized spacial score (nSPS) is 22.1. The lowest BCUT2D eigenvalue weighted by Crippen LogP contribution is -2.37. The standard InChI is InChI=1S/C27H21FO6/c28-23-24(34-26(30)21-12-10-17-6-2-4-8-19(17)14-21)22(33-27(23)31)15-32-25(29)20-11-9-16-5-1-3-7-18(16)13-20/h1-14,22-24,27,31H,15H2/t22-,23+,24-,27?/m1/s1. The molecular formula is C27H21FO6. The number of hydrogen-bond donors (Lipinski definition) is 1. The molecule has 0 aliphatic carbocycles. The van der Waals surface area contributed by atoms with E-state index in [2.05, 4.69) is 0 Å². The molecule has 4 aromatic rings. The Morgan fingerprint density at radius 1 is 0.794 bits per heavy atom. The smallest absolute Gasteiger partial charge is 0.338 e. The third-order valence-electron chi connectivity index (χ3n) is 5.86. The SMILES string of the molecule is O=C(OC[C@H]1OC(O)[C@@H](F)[C@@H]1OC(=O)c1ccc2ccccc2c1)c1ccc2ccccc2c1. The molecule has 0 spiro atoms. The van der Waals surface area contributed by atoms with E-state index in [9.17, 15) is 19.1 Å². The van der Waals surface area contributed by atoms with Crippen molar-refractivity contribution in [3.05, 3.63) is 96.1 Å². The lowest BCUT2D eigenvalue weighted by molar-refractivity contribution is -0.122. The van der Waals surface area contributed by atoms with Crippen LogP contribution in [0.3, 0.4) is 0 Å². The molecule has 34 heavy (non-hydrogen) atoms. The highest BCUT2D eigenvalue weighted by Gasteiger charge is 2.47. The second kappa shape index (κ2) is 9.21. The van der Waals surface area contributed by atoms with Crippen molar-refractivity contribution >= 4 is 33.5 Å². The molecule has 1 aliphatic heterocycles. The first-order chi connectivity index (χ1) is 16.5. The van der Waals surface area contributed by atoms with Crippen molar-refractivity contribution in [2.24, 2.45) is 0 Å². The number of carbonyl (C=O) groups is 2. The molecular weight excluding hydrogens is 439 g/mol. The summed E-state index contributed by atoms with van der Waals surface area (Å²) in [6, 6.07) is 25.2. The van der Waals surface area contributed by atoms with Gasteiger partial charge in [-0.3, -0.25) is 0 Å². The largest absolute Gasteiger partial charge is 0.459 e. The number of aliphatic hydroxyl groups is 1. The Labute approximate surface area is 194 Å². The first kappa shape index (κ1) is 22.0. The number of alkyl halides is 1. The third kappa shape index (κ3) is 4.35. The van der Waals surface area contributed by atoms with E-state index in [0.29, 0.717) is 5.56 Å². The molecule has 1 unspecified atom stereocenters. The van der Waals surface area contributed by atoms with Crippen molar-refractivity contribution in [2.45, 2.75) is 24.7 Å². The Balaban J connectivity index is 1.27. The Morgan fingerprint density at radius 3 is 1.91 bits per heavy atom. The van der Waals surface area contributed by atoms with Gasteiger partial charge in [-0.25, -0.2) is 14.0 Å². The first-order valence-corrected chi connectivity index (χ1v) is 10.8. The Morgan fingerprint density at radius 2 is 1.32 bits per heavy atom. The maximum atomic E-state index is 14.6. The lowest BCUT2D eigenvalue weighted by atomic mass is 10.1. The number of aliphatic hydroxyl groups excluding tert-OH is 1. The van der Waals surface area contributed by atoms with Crippen LogP contribution in [0.2, 0.25) is 0 Å². The fourth-order valence-corrected chi connectivity index (χ4v) is 4.04. The monoisotopic (exact) mass is 460 g/mol. The Bertz CT molecular complexity index is 1370. The van der Waals surface area contributed by atoms with Gasteiger partial charge in [-0.15, -0.1) is 0 Å². The number of ether oxygens (including phenoxy) is 3. The summed E-state index contributed by atoms with van der Waals surface area (Å²) >= 11 is 0. The van der Waals surface area contributed by atoms with Crippen LogP contribution in [-0.4, -0.2) is 48.3 Å². The molecule has 0 bridgehead atoms. The van der Waals surface area contributed by atoms with Crippen LogP contribution in [0.15, 0.2) is 84.9 Å². The Kier molecular flexibility index (Phi) is 5.96. The van der Waals surface area contributed by atoms with E-state index in [4.69, 9.17) is 14.2 Å². The van der Waals surface area contributed by atoms with Crippen LogP contribution < -0.4 is 0 Å². The Hall–Kier alpha value is -3.81. The summed E-state index contributed by atoms with van der Waals surface area (Å²) in [7, 11) is 0. The van der Waals surface area contributed by atoms with E-state index in [-0.39, 0.29) is 5.56 Å². The molecule has 172 valence electrons. The van der Waals surface area contributed by atoms with E-state index < -0.39 is 43.2 Å². The zero-order valence-electron chi connectivity index (χ0n) is 18.0. The topological polar surface area (TPSA) is 82.1 Å². The molecule has 0 amide bonds. The number of fused-ring (bicyclic) bond motifs is 2. The second-order valence-electron chi connectivity index (χ2n) is 8.10. The predicted octanol–water partition coefficient (Wildman–Crippen LogP) is 4.43. The van der Waals surface area contributed by atoms with E-state index in [1.807, 2.05) is 48.5 Å². The summed E-state index contributed by atoms with van der Waals surface area (Å²) in [5, 5.41) is 13.5. The summed E-state index contributed by atoms with van der Waals surface area (Å²) in [6.45, 7) is -0.390. The van der Waals surface area contributed by atoms with Gasteiger partial charge in [0.25, 0.3) is 0 Å². The quantitative estimate of drug-likeness (QED) is 0.444. The molecule has 4 aromatic carbocycles. The minimum Gasteiger partial charge on any atom is -0.459 e. The fourth-order valence-electron chi connectivity index (χ4n) is 4.04. The first-order valence-electron chi connectivity index (χ1n) is 10.8. The zero-order chi connectivity index (χ0) is 23.7. The van der Waals surface area contributed by atoms with Crippen LogP contribution in [0.1, 0.15) is 20.7 Å². The van der Waals surface area contributed by atoms with Crippen LogP contribution in [-0.2, 0) is 14.2 Å². The predicted molar refractivity (Wildman–Crippen MR) is 123 cm³/mol. The molecule has 1 saturated heterocycles. The lowest BCUT2D eigenvalue weighted by Gasteiger charge is -2.19. The van der Waals surface area contributed by atoms with Gasteiger partial charge < -0.3 is 19.3 Å². The van der Waals surface area contributed by atoms with Crippen molar-refractivity contribution in [3.8, 4) is 0 Å². The number of rotatable bonds is 5. The minimum absolute atomic E-state index is 0.235. The molecule has 1 aliphatic rings. The van der Waals surface area contributed by atoms with Crippen LogP contribution >= 0.6 is 0 Å². The van der Waals surface area contributed by atoms with E-state index in [1.165, 1.54) is 0 Å². The number of hydrogen-bond acceptors (Lipinski definition) is 6. The van der Waals surface area contributed by atoms with Gasteiger partial charge in [0.05, 0.1) is 11.1 Å². The molecule has 4 atom stereocenters. The third-order valence-corrected chi connectivity index (χ3v) is 5.86. The molecule has 1 heterocycles. The highest BCUT2D eigenvalue weighted by Crippen LogP contribution is 2.27. The molecule has 6 nitrogen and oxygen atoms in total. The van der Waals surface area contributed by atoms with Gasteiger partial charge in [-0.1, -0.05) is 60.7 Å². The highest BCUT2D eigenvalue weighted by molar-refractivity contribution is 5.96. The van der Waals surface area contributed by atoms with E-state index in [1.54, 1.807) is 36.4 Å². The maximum Gasteiger partial charge on any atom is 0.338 e. The van der Waals surface area contributed by atoms with Crippen molar-refractivity contribution in [1.82, 2.24) is 0 Å². The number of benzene rings is 4. The van der Waals surface area contributed by atoms with Gasteiger partial charge in [0.15, 0.2) is 18.6 Å². The molecule has 0 aromatic heterocycles. The summed E-state index contributed by atoms with van der Waals surface area (Å²) in [6.07, 6.45) is -6.36. The van der Waals surface area contributed by atoms with Crippen molar-refractivity contribution in [3.63, 3.8) is 0 Å². The molecule has 0 saturated carbocycles. The summed E-state index contributed by atoms with van der Waals surface area (Å²) in [5.74, 6) is -1.40. The van der Waals surface area contributed by atoms with Crippen LogP contribution in [0.4, 0.5) is 4.39 Å². The second-order valence-corrected chi connectivity index (χ2v) is 8.10. The van der Waals surface area contributed by atoms with Crippen molar-refractivity contribution in [1.29, 1.82) is 0 Å². The molecule has 0 radical (unpaired) electrons. The van der Waals surface area contributed by atoms with Gasteiger partial charge in [-0.05, 0) is 45.8 Å². The number of halogens is 1. The minimum atomic E-state index is -1.98. The van der Waals surface area contributed by atoms with Crippen LogP contribution in [0.25, 0.3) is 21.5 Å². The molecule has 1 N–H and O–H groups in total. The maximum absolute atomic E-state index is 14.6.